The van der Waals surface area contributed by atoms with Crippen LogP contribution >= 0.6 is 11.6 Å². The molecule has 0 radical (unpaired) electrons. The number of ether oxygens (including phenoxy) is 1. The predicted octanol–water partition coefficient (Wildman–Crippen LogP) is 3.32. The molecule has 5 heteroatoms. The molecule has 2 rings (SSSR count). The third-order valence-electron chi connectivity index (χ3n) is 2.50. The maximum Gasteiger partial charge on any atom is 0.341 e. The van der Waals surface area contributed by atoms with E-state index in [9.17, 15) is 4.79 Å². The molecule has 0 saturated carbocycles. The molecule has 0 aromatic heterocycles. The Bertz CT molecular complexity index is 610. The normalized spacial score (nSPS) is 10.2. The minimum absolute atomic E-state index is 0.0847. The van der Waals surface area contributed by atoms with E-state index in [0.29, 0.717) is 11.3 Å². The number of carboxylic acids is 1. The van der Waals surface area contributed by atoms with Crippen molar-refractivity contribution in [2.75, 3.05) is 0 Å². The van der Waals surface area contributed by atoms with E-state index in [1.165, 1.54) is 12.1 Å². The van der Waals surface area contributed by atoms with Gasteiger partial charge in [0.2, 0.25) is 0 Å². The first-order valence-corrected chi connectivity index (χ1v) is 5.89. The van der Waals surface area contributed by atoms with Gasteiger partial charge >= 0.3 is 5.97 Å². The molecule has 4 nitrogen and oxygen atoms in total. The molecular formula is C14H11ClO4. The molecule has 2 N–H and O–H groups in total. The summed E-state index contributed by atoms with van der Waals surface area (Å²) >= 11 is 5.85. The molecular weight excluding hydrogens is 268 g/mol. The lowest BCUT2D eigenvalue weighted by molar-refractivity contribution is 0.0694. The van der Waals surface area contributed by atoms with Gasteiger partial charge in [-0.1, -0.05) is 29.8 Å². The molecule has 0 aliphatic rings. The van der Waals surface area contributed by atoms with E-state index in [0.717, 1.165) is 0 Å². The van der Waals surface area contributed by atoms with Crippen LogP contribution in [-0.4, -0.2) is 16.2 Å². The Hall–Kier alpha value is -2.04. The van der Waals surface area contributed by atoms with Crippen LogP contribution in [-0.2, 0) is 6.61 Å². The Balaban J connectivity index is 2.38. The molecule has 98 valence electrons. The number of benzene rings is 2. The van der Waals surface area contributed by atoms with Gasteiger partial charge in [0.25, 0.3) is 0 Å². The van der Waals surface area contributed by atoms with E-state index in [-0.39, 0.29) is 22.9 Å². The summed E-state index contributed by atoms with van der Waals surface area (Å²) in [5, 5.41) is 18.3. The Morgan fingerprint density at radius 3 is 2.63 bits per heavy atom. The van der Waals surface area contributed by atoms with E-state index in [4.69, 9.17) is 26.6 Å². The van der Waals surface area contributed by atoms with E-state index in [1.54, 1.807) is 30.3 Å². The number of rotatable bonds is 4. The van der Waals surface area contributed by atoms with E-state index < -0.39 is 5.97 Å². The quantitative estimate of drug-likeness (QED) is 0.900. The van der Waals surface area contributed by atoms with Gasteiger partial charge in [-0.05, 0) is 29.8 Å². The summed E-state index contributed by atoms with van der Waals surface area (Å²) in [6.45, 7) is -0.113. The summed E-state index contributed by atoms with van der Waals surface area (Å²) in [5.41, 5.74) is 0.593. The number of hydrogen-bond acceptors (Lipinski definition) is 3. The lowest BCUT2D eigenvalue weighted by Crippen LogP contribution is -2.01. The fraction of sp³-hybridized carbons (Fsp3) is 0.0714. The summed E-state index contributed by atoms with van der Waals surface area (Å²) in [4.78, 5) is 11.2. The molecule has 19 heavy (non-hydrogen) atoms. The molecule has 0 spiro atoms. The van der Waals surface area contributed by atoms with Crippen molar-refractivity contribution in [3.8, 4) is 11.5 Å². The van der Waals surface area contributed by atoms with Gasteiger partial charge in [-0.2, -0.15) is 0 Å². The molecule has 0 unspecified atom stereocenters. The highest BCUT2D eigenvalue weighted by Crippen LogP contribution is 2.30. The van der Waals surface area contributed by atoms with Crippen LogP contribution in [0.15, 0.2) is 42.5 Å². The highest BCUT2D eigenvalue weighted by atomic mass is 35.5. The number of carbonyl (C=O) groups is 1. The maximum absolute atomic E-state index is 11.2. The Kier molecular flexibility index (Phi) is 4.04. The molecule has 0 atom stereocenters. The fourth-order valence-corrected chi connectivity index (χ4v) is 1.88. The Morgan fingerprint density at radius 1 is 1.21 bits per heavy atom. The van der Waals surface area contributed by atoms with Crippen LogP contribution in [0.1, 0.15) is 15.9 Å². The first kappa shape index (κ1) is 13.4. The van der Waals surface area contributed by atoms with Gasteiger partial charge < -0.3 is 14.9 Å². The summed E-state index contributed by atoms with van der Waals surface area (Å²) < 4.78 is 5.52. The Morgan fingerprint density at radius 2 is 1.95 bits per heavy atom. The molecule has 0 saturated heterocycles. The molecule has 2 aromatic carbocycles. The van der Waals surface area contributed by atoms with E-state index >= 15 is 0 Å². The van der Waals surface area contributed by atoms with E-state index in [2.05, 4.69) is 0 Å². The van der Waals surface area contributed by atoms with Crippen LogP contribution in [0.4, 0.5) is 0 Å². The first-order valence-electron chi connectivity index (χ1n) is 5.51. The first-order chi connectivity index (χ1) is 9.11. The van der Waals surface area contributed by atoms with Gasteiger partial charge in [-0.25, -0.2) is 4.79 Å². The zero-order valence-electron chi connectivity index (χ0n) is 9.84. The minimum atomic E-state index is -1.15. The summed E-state index contributed by atoms with van der Waals surface area (Å²) in [6, 6.07) is 11.4. The van der Waals surface area contributed by atoms with Gasteiger partial charge in [-0.15, -0.1) is 0 Å². The number of hydrogen-bond donors (Lipinski definition) is 2. The number of aliphatic hydroxyl groups excluding tert-OH is 1. The fourth-order valence-electron chi connectivity index (χ4n) is 1.63. The van der Waals surface area contributed by atoms with Crippen molar-refractivity contribution < 1.29 is 19.7 Å². The lowest BCUT2D eigenvalue weighted by atomic mass is 10.2. The van der Waals surface area contributed by atoms with Crippen molar-refractivity contribution in [1.29, 1.82) is 0 Å². The average molecular weight is 279 g/mol. The van der Waals surface area contributed by atoms with Crippen LogP contribution in [0.3, 0.4) is 0 Å². The lowest BCUT2D eigenvalue weighted by Gasteiger charge is -2.10. The topological polar surface area (TPSA) is 66.8 Å². The van der Waals surface area contributed by atoms with Gasteiger partial charge in [0.05, 0.1) is 11.6 Å². The molecule has 0 aliphatic heterocycles. The van der Waals surface area contributed by atoms with Crippen LogP contribution in [0.2, 0.25) is 5.02 Å². The standard InChI is InChI=1S/C14H11ClO4/c15-11-5-2-6-12(13(11)14(17)18)19-10-4-1-3-9(7-10)8-16/h1-7,16H,8H2,(H,17,18). The van der Waals surface area contributed by atoms with Crippen LogP contribution in [0.25, 0.3) is 0 Å². The largest absolute Gasteiger partial charge is 0.478 e. The zero-order valence-corrected chi connectivity index (χ0v) is 10.6. The Labute approximate surface area is 114 Å². The molecule has 0 bridgehead atoms. The SMILES string of the molecule is O=C(O)c1c(Cl)cccc1Oc1cccc(CO)c1. The van der Waals surface area contributed by atoms with Crippen molar-refractivity contribution in [1.82, 2.24) is 0 Å². The van der Waals surface area contributed by atoms with Crippen LogP contribution in [0.5, 0.6) is 11.5 Å². The van der Waals surface area contributed by atoms with Crippen molar-refractivity contribution in [3.63, 3.8) is 0 Å². The maximum atomic E-state index is 11.2. The second kappa shape index (κ2) is 5.73. The van der Waals surface area contributed by atoms with Gasteiger partial charge in [0, 0.05) is 0 Å². The van der Waals surface area contributed by atoms with Gasteiger partial charge in [0.15, 0.2) is 0 Å². The molecule has 0 heterocycles. The molecule has 0 fully saturated rings. The zero-order chi connectivity index (χ0) is 13.8. The third-order valence-corrected chi connectivity index (χ3v) is 2.81. The summed E-state index contributed by atoms with van der Waals surface area (Å²) in [7, 11) is 0. The minimum Gasteiger partial charge on any atom is -0.478 e. The van der Waals surface area contributed by atoms with Crippen LogP contribution in [0, 0.1) is 0 Å². The second-order valence-electron chi connectivity index (χ2n) is 3.83. The van der Waals surface area contributed by atoms with Crippen molar-refractivity contribution >= 4 is 17.6 Å². The highest BCUT2D eigenvalue weighted by molar-refractivity contribution is 6.33. The monoisotopic (exact) mass is 278 g/mol. The van der Waals surface area contributed by atoms with Crippen molar-refractivity contribution in [3.05, 3.63) is 58.6 Å². The molecule has 0 amide bonds. The van der Waals surface area contributed by atoms with Crippen LogP contribution < -0.4 is 4.74 Å². The van der Waals surface area contributed by atoms with Crippen molar-refractivity contribution in [2.24, 2.45) is 0 Å². The molecule has 0 aliphatic carbocycles. The third kappa shape index (κ3) is 3.05. The van der Waals surface area contributed by atoms with Gasteiger partial charge in [-0.3, -0.25) is 0 Å². The predicted molar refractivity (Wildman–Crippen MR) is 70.9 cm³/mol. The number of halogens is 1. The van der Waals surface area contributed by atoms with Gasteiger partial charge in [0.1, 0.15) is 17.1 Å². The number of aliphatic hydroxyl groups is 1. The average Bonchev–Trinajstić information content (AvgIpc) is 2.38. The van der Waals surface area contributed by atoms with E-state index in [1.807, 2.05) is 0 Å². The second-order valence-corrected chi connectivity index (χ2v) is 4.23. The summed E-state index contributed by atoms with van der Waals surface area (Å²) in [5.74, 6) is -0.551. The number of carboxylic acid groups (broad SMARTS) is 1. The van der Waals surface area contributed by atoms with Crippen molar-refractivity contribution in [2.45, 2.75) is 6.61 Å². The molecule has 2 aromatic rings. The smallest absolute Gasteiger partial charge is 0.341 e. The number of aromatic carboxylic acids is 1. The summed E-state index contributed by atoms with van der Waals surface area (Å²) in [6.07, 6.45) is 0. The highest BCUT2D eigenvalue weighted by Gasteiger charge is 2.16.